The van der Waals surface area contributed by atoms with Gasteiger partial charge in [0, 0.05) is 5.38 Å². The van der Waals surface area contributed by atoms with Crippen LogP contribution in [-0.4, -0.2) is 23.3 Å². The fourth-order valence-corrected chi connectivity index (χ4v) is 2.17. The Morgan fingerprint density at radius 3 is 2.74 bits per heavy atom. The molecule has 5 nitrogen and oxygen atoms in total. The Morgan fingerprint density at radius 1 is 1.37 bits per heavy atom. The third-order valence-electron chi connectivity index (χ3n) is 2.15. The van der Waals surface area contributed by atoms with Gasteiger partial charge in [-0.1, -0.05) is 23.7 Å². The van der Waals surface area contributed by atoms with Crippen LogP contribution in [-0.2, 0) is 0 Å². The molecule has 0 saturated carbocycles. The molecule has 7 heteroatoms. The number of hydrogen-bond acceptors (Lipinski definition) is 6. The van der Waals surface area contributed by atoms with Crippen molar-refractivity contribution < 1.29 is 19.4 Å². The maximum absolute atomic E-state index is 11.7. The van der Waals surface area contributed by atoms with E-state index in [4.69, 9.17) is 16.3 Å². The van der Waals surface area contributed by atoms with Crippen LogP contribution in [0.1, 0.15) is 20.3 Å². The molecule has 1 aromatic heterocycles. The minimum atomic E-state index is -1.41. The molecule has 1 aromatic carbocycles. The molecule has 0 aliphatic heterocycles. The first kappa shape index (κ1) is 13.5. The van der Waals surface area contributed by atoms with Gasteiger partial charge in [0.2, 0.25) is 5.78 Å². The molecule has 0 aliphatic rings. The predicted octanol–water partition coefficient (Wildman–Crippen LogP) is 1.42. The van der Waals surface area contributed by atoms with Gasteiger partial charge in [-0.05, 0) is 12.1 Å². The molecular formula is C12H7ClNO4S-. The number of hydrogen-bond donors (Lipinski definition) is 0. The Kier molecular flexibility index (Phi) is 4.13. The number of rotatable bonds is 5. The number of ketones is 1. The van der Waals surface area contributed by atoms with Gasteiger partial charge in [-0.2, -0.15) is 0 Å². The van der Waals surface area contributed by atoms with Crippen LogP contribution in [0, 0.1) is 0 Å². The molecule has 0 radical (unpaired) electrons. The molecule has 0 aliphatic carbocycles. The van der Waals surface area contributed by atoms with Crippen LogP contribution in [0.4, 0.5) is 0 Å². The van der Waals surface area contributed by atoms with Crippen molar-refractivity contribution in [1.82, 2.24) is 4.98 Å². The zero-order chi connectivity index (χ0) is 13.8. The third-order valence-corrected chi connectivity index (χ3v) is 3.34. The Labute approximate surface area is 117 Å². The summed E-state index contributed by atoms with van der Waals surface area (Å²) in [6.45, 7) is -0.260. The minimum absolute atomic E-state index is 0.0613. The summed E-state index contributed by atoms with van der Waals surface area (Å²) < 4.78 is 5.24. The second-order valence-corrected chi connectivity index (χ2v) is 4.73. The van der Waals surface area contributed by atoms with E-state index >= 15 is 0 Å². The van der Waals surface area contributed by atoms with E-state index in [0.717, 1.165) is 11.3 Å². The molecule has 0 unspecified atom stereocenters. The fourth-order valence-electron chi connectivity index (χ4n) is 1.26. The number of carboxylic acids is 1. The lowest BCUT2D eigenvalue weighted by Gasteiger charge is -2.05. The highest BCUT2D eigenvalue weighted by Gasteiger charge is 2.13. The summed E-state index contributed by atoms with van der Waals surface area (Å²) in [5.41, 5.74) is -0.258. The van der Waals surface area contributed by atoms with E-state index in [9.17, 15) is 14.7 Å². The lowest BCUT2D eigenvalue weighted by molar-refractivity contribution is -0.255. The van der Waals surface area contributed by atoms with Gasteiger partial charge in [0.1, 0.15) is 5.75 Å². The zero-order valence-electron chi connectivity index (χ0n) is 9.46. The largest absolute Gasteiger partial charge is 0.543 e. The summed E-state index contributed by atoms with van der Waals surface area (Å²) in [4.78, 5) is 25.9. The Bertz CT molecular complexity index is 626. The topological polar surface area (TPSA) is 79.3 Å². The summed E-state index contributed by atoms with van der Waals surface area (Å²) >= 11 is 6.79. The number of aromatic nitrogens is 1. The van der Waals surface area contributed by atoms with Crippen LogP contribution in [0.25, 0.3) is 0 Å². The summed E-state index contributed by atoms with van der Waals surface area (Å²) in [7, 11) is 0. The van der Waals surface area contributed by atoms with Gasteiger partial charge in [-0.3, -0.25) is 4.79 Å². The Hall–Kier alpha value is -1.92. The fraction of sp³-hybridized carbons (Fsp3) is 0.0833. The number of carbonyl (C=O) groups excluding carboxylic acids is 2. The number of benzene rings is 1. The first-order chi connectivity index (χ1) is 9.08. The number of nitrogens with zero attached hydrogens (tertiary/aromatic N) is 1. The van der Waals surface area contributed by atoms with Crippen molar-refractivity contribution in [1.29, 1.82) is 0 Å². The van der Waals surface area contributed by atoms with Gasteiger partial charge in [0.25, 0.3) is 0 Å². The van der Waals surface area contributed by atoms with E-state index in [2.05, 4.69) is 4.98 Å². The van der Waals surface area contributed by atoms with Crippen molar-refractivity contribution in [2.75, 3.05) is 6.61 Å². The first-order valence-corrected chi connectivity index (χ1v) is 6.41. The molecule has 0 saturated heterocycles. The normalized spacial score (nSPS) is 10.2. The number of halogens is 1. The maximum Gasteiger partial charge on any atom is 0.228 e. The molecule has 0 spiro atoms. The van der Waals surface area contributed by atoms with Crippen LogP contribution >= 0.6 is 22.9 Å². The molecule has 0 bridgehead atoms. The number of carboxylic acid groups (broad SMARTS) is 1. The van der Waals surface area contributed by atoms with Crippen LogP contribution in [0.5, 0.6) is 5.75 Å². The van der Waals surface area contributed by atoms with Gasteiger partial charge in [-0.15, -0.1) is 11.3 Å². The average Bonchev–Trinajstić information content (AvgIpc) is 2.87. The van der Waals surface area contributed by atoms with E-state index in [-0.39, 0.29) is 17.3 Å². The Balaban J connectivity index is 2.01. The lowest BCUT2D eigenvalue weighted by atomic mass is 10.3. The lowest BCUT2D eigenvalue weighted by Crippen LogP contribution is -2.23. The number of Topliss-reactive ketones (excluding diaryl/α,β-unsaturated/α-hetero) is 1. The van der Waals surface area contributed by atoms with E-state index in [0.29, 0.717) is 10.8 Å². The number of carbonyl (C=O) groups is 2. The van der Waals surface area contributed by atoms with Gasteiger partial charge >= 0.3 is 0 Å². The monoisotopic (exact) mass is 296 g/mol. The molecule has 19 heavy (non-hydrogen) atoms. The summed E-state index contributed by atoms with van der Waals surface area (Å²) in [5, 5.41) is 12.2. The smallest absolute Gasteiger partial charge is 0.228 e. The van der Waals surface area contributed by atoms with Crippen molar-refractivity contribution in [3.8, 4) is 5.75 Å². The number of thiazole rings is 1. The van der Waals surface area contributed by atoms with Crippen molar-refractivity contribution in [2.45, 2.75) is 0 Å². The zero-order valence-corrected chi connectivity index (χ0v) is 11.0. The molecule has 98 valence electrons. The highest BCUT2D eigenvalue weighted by Crippen LogP contribution is 2.23. The molecular weight excluding hydrogens is 290 g/mol. The Morgan fingerprint density at radius 2 is 2.11 bits per heavy atom. The first-order valence-electron chi connectivity index (χ1n) is 5.15. The minimum Gasteiger partial charge on any atom is -0.543 e. The van der Waals surface area contributed by atoms with E-state index < -0.39 is 11.8 Å². The maximum atomic E-state index is 11.7. The number of ether oxygens (including phenoxy) is 1. The SMILES string of the molecule is O=C([O-])c1csc(C(=O)COc2ccccc2Cl)n1. The van der Waals surface area contributed by atoms with Crippen molar-refractivity contribution in [3.63, 3.8) is 0 Å². The van der Waals surface area contributed by atoms with E-state index in [1.165, 1.54) is 5.38 Å². The third kappa shape index (κ3) is 3.30. The summed E-state index contributed by atoms with van der Waals surface area (Å²) in [5.74, 6) is -1.45. The van der Waals surface area contributed by atoms with Crippen molar-refractivity contribution in [3.05, 3.63) is 45.4 Å². The van der Waals surface area contributed by atoms with E-state index in [1.54, 1.807) is 24.3 Å². The van der Waals surface area contributed by atoms with Crippen molar-refractivity contribution >= 4 is 34.7 Å². The number of aromatic carboxylic acids is 1. The predicted molar refractivity (Wildman–Crippen MR) is 67.7 cm³/mol. The average molecular weight is 297 g/mol. The van der Waals surface area contributed by atoms with Gasteiger partial charge < -0.3 is 14.6 Å². The molecule has 1 heterocycles. The van der Waals surface area contributed by atoms with E-state index in [1.807, 2.05) is 0 Å². The van der Waals surface area contributed by atoms with Crippen molar-refractivity contribution in [2.24, 2.45) is 0 Å². The molecule has 0 atom stereocenters. The second kappa shape index (κ2) is 5.81. The van der Waals surface area contributed by atoms with Crippen LogP contribution in [0.2, 0.25) is 5.02 Å². The highest BCUT2D eigenvalue weighted by molar-refractivity contribution is 7.12. The quantitative estimate of drug-likeness (QED) is 0.780. The van der Waals surface area contributed by atoms with Crippen LogP contribution < -0.4 is 9.84 Å². The van der Waals surface area contributed by atoms with Crippen LogP contribution in [0.3, 0.4) is 0 Å². The molecule has 2 rings (SSSR count). The van der Waals surface area contributed by atoms with Gasteiger partial charge in [0.15, 0.2) is 11.6 Å². The van der Waals surface area contributed by atoms with Gasteiger partial charge in [-0.25, -0.2) is 4.98 Å². The molecule has 0 amide bonds. The summed E-state index contributed by atoms with van der Waals surface area (Å²) in [6, 6.07) is 6.73. The van der Waals surface area contributed by atoms with Gasteiger partial charge in [0.05, 0.1) is 16.7 Å². The standard InChI is InChI=1S/C12H8ClNO4S/c13-7-3-1-2-4-10(7)18-5-9(15)11-14-8(6-19-11)12(16)17/h1-4,6H,5H2,(H,16,17)/p-1. The molecule has 0 fully saturated rings. The van der Waals surface area contributed by atoms with Crippen LogP contribution in [0.15, 0.2) is 29.6 Å². The number of para-hydroxylation sites is 1. The summed E-state index contributed by atoms with van der Waals surface area (Å²) in [6.07, 6.45) is 0. The highest BCUT2D eigenvalue weighted by atomic mass is 35.5. The molecule has 2 aromatic rings. The molecule has 0 N–H and O–H groups in total. The second-order valence-electron chi connectivity index (χ2n) is 3.47.